The molecule has 0 aliphatic carbocycles. The summed E-state index contributed by atoms with van der Waals surface area (Å²) < 4.78 is 13.0. The van der Waals surface area contributed by atoms with Gasteiger partial charge in [-0.3, -0.25) is 9.20 Å². The van der Waals surface area contributed by atoms with E-state index in [1.54, 1.807) is 18.3 Å². The summed E-state index contributed by atoms with van der Waals surface area (Å²) in [5.74, 6) is 0.830. The number of nitrogens with one attached hydrogen (secondary N) is 1. The molecule has 0 spiro atoms. The van der Waals surface area contributed by atoms with Gasteiger partial charge in [0.1, 0.15) is 5.69 Å². The van der Waals surface area contributed by atoms with Gasteiger partial charge in [0.15, 0.2) is 5.82 Å². The molecule has 0 atom stereocenters. The second-order valence-corrected chi connectivity index (χ2v) is 6.77. The Hall–Kier alpha value is -3.00. The van der Waals surface area contributed by atoms with Crippen LogP contribution in [0.5, 0.6) is 5.88 Å². The molecule has 0 aromatic carbocycles. The van der Waals surface area contributed by atoms with E-state index < -0.39 is 0 Å². The smallest absolute Gasteiger partial charge is 0.275 e. The summed E-state index contributed by atoms with van der Waals surface area (Å²) in [4.78, 5) is 26.0. The predicted molar refractivity (Wildman–Crippen MR) is 104 cm³/mol. The number of imidazole rings is 1. The molecule has 28 heavy (non-hydrogen) atoms. The number of nitrogens with zero attached hydrogens (tertiary/aromatic N) is 4. The Kier molecular flexibility index (Phi) is 5.21. The van der Waals surface area contributed by atoms with Crippen LogP contribution in [0.15, 0.2) is 30.6 Å². The van der Waals surface area contributed by atoms with E-state index in [-0.39, 0.29) is 5.91 Å². The summed E-state index contributed by atoms with van der Waals surface area (Å²) in [5, 5.41) is 2.80. The second kappa shape index (κ2) is 7.93. The fourth-order valence-corrected chi connectivity index (χ4v) is 3.32. The number of amides is 1. The average Bonchev–Trinajstić information content (AvgIpc) is 3.13. The third-order valence-corrected chi connectivity index (χ3v) is 4.71. The lowest BCUT2D eigenvalue weighted by atomic mass is 9.97. The van der Waals surface area contributed by atoms with Crippen LogP contribution < -0.4 is 10.1 Å². The van der Waals surface area contributed by atoms with Gasteiger partial charge in [-0.1, -0.05) is 6.07 Å². The first-order valence-electron chi connectivity index (χ1n) is 9.49. The van der Waals surface area contributed by atoms with Gasteiger partial charge in [-0.15, -0.1) is 0 Å². The van der Waals surface area contributed by atoms with Gasteiger partial charge in [-0.05, 0) is 38.8 Å². The van der Waals surface area contributed by atoms with Crippen molar-refractivity contribution in [2.24, 2.45) is 0 Å². The van der Waals surface area contributed by atoms with Crippen molar-refractivity contribution in [3.05, 3.63) is 47.7 Å². The number of aryl methyl sites for hydroxylation is 1. The van der Waals surface area contributed by atoms with Crippen LogP contribution in [-0.2, 0) is 4.74 Å². The van der Waals surface area contributed by atoms with Crippen LogP contribution in [-0.4, -0.2) is 45.1 Å². The zero-order valence-electron chi connectivity index (χ0n) is 16.0. The number of hydrogen-bond acceptors (Lipinski definition) is 6. The highest BCUT2D eigenvalue weighted by Crippen LogP contribution is 2.29. The highest BCUT2D eigenvalue weighted by Gasteiger charge is 2.21. The van der Waals surface area contributed by atoms with Gasteiger partial charge in [0, 0.05) is 31.0 Å². The van der Waals surface area contributed by atoms with Crippen molar-refractivity contribution in [1.29, 1.82) is 0 Å². The number of carbonyl (C=O) groups excluding carboxylic acids is 1. The van der Waals surface area contributed by atoms with Crippen molar-refractivity contribution in [1.82, 2.24) is 19.4 Å². The first-order valence-corrected chi connectivity index (χ1v) is 9.49. The van der Waals surface area contributed by atoms with E-state index in [2.05, 4.69) is 15.3 Å². The highest BCUT2D eigenvalue weighted by atomic mass is 16.5. The minimum Gasteiger partial charge on any atom is -0.475 e. The molecule has 1 aliphatic heterocycles. The molecule has 0 unspecified atom stereocenters. The number of hydrogen-bond donors (Lipinski definition) is 1. The molecule has 3 aromatic rings. The Balaban J connectivity index is 1.65. The summed E-state index contributed by atoms with van der Waals surface area (Å²) in [6, 6.07) is 5.32. The Morgan fingerprint density at radius 3 is 2.82 bits per heavy atom. The Morgan fingerprint density at radius 1 is 1.25 bits per heavy atom. The van der Waals surface area contributed by atoms with Gasteiger partial charge in [0.2, 0.25) is 5.65 Å². The third-order valence-electron chi connectivity index (χ3n) is 4.71. The predicted octanol–water partition coefficient (Wildman–Crippen LogP) is 2.98. The molecular weight excluding hydrogens is 358 g/mol. The Bertz CT molecular complexity index is 995. The molecule has 8 nitrogen and oxygen atoms in total. The molecule has 1 N–H and O–H groups in total. The largest absolute Gasteiger partial charge is 0.475 e. The van der Waals surface area contributed by atoms with Crippen LogP contribution in [0.3, 0.4) is 0 Å². The molecular formula is C20H23N5O3. The lowest BCUT2D eigenvalue weighted by molar-refractivity contribution is 0.0846. The normalized spacial score (nSPS) is 14.9. The molecule has 4 rings (SSSR count). The lowest BCUT2D eigenvalue weighted by Gasteiger charge is -2.19. The molecule has 1 saturated heterocycles. The number of aromatic nitrogens is 4. The van der Waals surface area contributed by atoms with Crippen LogP contribution >= 0.6 is 0 Å². The molecule has 0 bridgehead atoms. The van der Waals surface area contributed by atoms with Crippen LogP contribution in [0.2, 0.25) is 0 Å². The fraction of sp³-hybridized carbons (Fsp3) is 0.400. The minimum absolute atomic E-state index is 0.317. The Labute approximate surface area is 162 Å². The molecule has 8 heteroatoms. The first kappa shape index (κ1) is 18.4. The van der Waals surface area contributed by atoms with Crippen molar-refractivity contribution in [3.63, 3.8) is 0 Å². The van der Waals surface area contributed by atoms with Gasteiger partial charge < -0.3 is 14.8 Å². The molecule has 0 saturated carbocycles. The van der Waals surface area contributed by atoms with Crippen molar-refractivity contribution in [2.75, 3.05) is 25.1 Å². The molecule has 0 radical (unpaired) electrons. The van der Waals surface area contributed by atoms with E-state index in [1.165, 1.54) is 0 Å². The number of fused-ring (bicyclic) bond motifs is 1. The first-order chi connectivity index (χ1) is 13.6. The topological polar surface area (TPSA) is 90.6 Å². The second-order valence-electron chi connectivity index (χ2n) is 6.77. The molecule has 3 aromatic heterocycles. The Morgan fingerprint density at radius 2 is 2.07 bits per heavy atom. The van der Waals surface area contributed by atoms with Crippen LogP contribution in [0.4, 0.5) is 5.82 Å². The van der Waals surface area contributed by atoms with Gasteiger partial charge in [-0.25, -0.2) is 9.97 Å². The van der Waals surface area contributed by atoms with E-state index in [1.807, 2.05) is 30.5 Å². The van der Waals surface area contributed by atoms with E-state index in [0.29, 0.717) is 35.6 Å². The van der Waals surface area contributed by atoms with Gasteiger partial charge in [0.05, 0.1) is 18.5 Å². The summed E-state index contributed by atoms with van der Waals surface area (Å²) in [7, 11) is 0. The molecule has 4 heterocycles. The fourth-order valence-electron chi connectivity index (χ4n) is 3.32. The summed E-state index contributed by atoms with van der Waals surface area (Å²) >= 11 is 0. The summed E-state index contributed by atoms with van der Waals surface area (Å²) in [5.41, 5.74) is 2.76. The van der Waals surface area contributed by atoms with Crippen LogP contribution in [0.1, 0.15) is 47.6 Å². The summed E-state index contributed by atoms with van der Waals surface area (Å²) in [6.07, 6.45) is 5.63. The van der Waals surface area contributed by atoms with Gasteiger partial charge in [0.25, 0.3) is 11.8 Å². The monoisotopic (exact) mass is 381 g/mol. The molecule has 1 aliphatic rings. The standard InChI is InChI=1S/C20H23N5O3/c1-3-28-20-18-22-16(14-7-9-27-10-8-14)11-25(18)12-17(24-20)23-19(26)15-6-4-5-13(2)21-15/h4-6,11-12,14H,3,7-10H2,1-2H3,(H,23,26). The third kappa shape index (κ3) is 3.82. The minimum atomic E-state index is -0.317. The quantitative estimate of drug-likeness (QED) is 0.731. The lowest BCUT2D eigenvalue weighted by Crippen LogP contribution is -2.16. The van der Waals surface area contributed by atoms with E-state index in [9.17, 15) is 4.79 Å². The zero-order chi connectivity index (χ0) is 19.5. The van der Waals surface area contributed by atoms with E-state index >= 15 is 0 Å². The number of carbonyl (C=O) groups is 1. The molecule has 146 valence electrons. The van der Waals surface area contributed by atoms with Gasteiger partial charge >= 0.3 is 0 Å². The van der Waals surface area contributed by atoms with Gasteiger partial charge in [-0.2, -0.15) is 4.98 Å². The van der Waals surface area contributed by atoms with Crippen LogP contribution in [0, 0.1) is 6.92 Å². The van der Waals surface area contributed by atoms with Crippen molar-refractivity contribution >= 4 is 17.4 Å². The summed E-state index contributed by atoms with van der Waals surface area (Å²) in [6.45, 7) is 5.69. The van der Waals surface area contributed by atoms with E-state index in [0.717, 1.165) is 37.4 Å². The van der Waals surface area contributed by atoms with Crippen molar-refractivity contribution in [2.45, 2.75) is 32.6 Å². The number of anilines is 1. The number of pyridine rings is 1. The average molecular weight is 381 g/mol. The highest BCUT2D eigenvalue weighted by molar-refractivity contribution is 6.02. The van der Waals surface area contributed by atoms with Crippen molar-refractivity contribution < 1.29 is 14.3 Å². The molecule has 1 fully saturated rings. The van der Waals surface area contributed by atoms with E-state index in [4.69, 9.17) is 14.5 Å². The SMILES string of the molecule is CCOc1nc(NC(=O)c2cccc(C)n2)cn2cc(C3CCOCC3)nc12. The maximum atomic E-state index is 12.5. The zero-order valence-corrected chi connectivity index (χ0v) is 16.0. The number of ether oxygens (including phenoxy) is 2. The maximum absolute atomic E-state index is 12.5. The molecule has 1 amide bonds. The van der Waals surface area contributed by atoms with Crippen molar-refractivity contribution in [3.8, 4) is 5.88 Å². The number of rotatable bonds is 5. The maximum Gasteiger partial charge on any atom is 0.275 e. The van der Waals surface area contributed by atoms with Crippen LogP contribution in [0.25, 0.3) is 5.65 Å².